The third-order valence-corrected chi connectivity index (χ3v) is 5.82. The highest BCUT2D eigenvalue weighted by Crippen LogP contribution is 2.29. The number of aliphatic hydroxyl groups excluding tert-OH is 1. The molecule has 4 N–H and O–H groups in total. The molecule has 0 aliphatic heterocycles. The van der Waals surface area contributed by atoms with Crippen molar-refractivity contribution in [2.24, 2.45) is 0 Å². The summed E-state index contributed by atoms with van der Waals surface area (Å²) < 4.78 is 0. The van der Waals surface area contributed by atoms with Gasteiger partial charge in [0.1, 0.15) is 0 Å². The first kappa shape index (κ1) is 25.8. The van der Waals surface area contributed by atoms with Gasteiger partial charge in [-0.1, -0.05) is 66.8 Å². The number of aryl methyl sites for hydroxylation is 2. The summed E-state index contributed by atoms with van der Waals surface area (Å²) in [6.07, 6.45) is 2.08. The molecule has 0 saturated carbocycles. The molecule has 6 nitrogen and oxygen atoms in total. The van der Waals surface area contributed by atoms with Gasteiger partial charge < -0.3 is 20.4 Å². The van der Waals surface area contributed by atoms with Gasteiger partial charge in [-0.15, -0.1) is 0 Å². The number of carboxylic acids is 2. The SMILES string of the molecule is Cc1ccc(-c2cc(Cl)ccc2CCCCCC[C@@H](O)C[C@](O)(CC(=O)O)C(=O)O)cc1. The molecule has 0 unspecified atom stereocenters. The molecule has 2 rings (SSSR count). The molecule has 0 fully saturated rings. The van der Waals surface area contributed by atoms with Crippen molar-refractivity contribution in [3.63, 3.8) is 0 Å². The summed E-state index contributed by atoms with van der Waals surface area (Å²) in [5.41, 5.74) is 2.22. The predicted octanol–water partition coefficient (Wildman–Crippen LogP) is 4.85. The second-order valence-electron chi connectivity index (χ2n) is 8.39. The summed E-state index contributed by atoms with van der Waals surface area (Å²) in [5.74, 6) is -3.05. The maximum atomic E-state index is 11.2. The van der Waals surface area contributed by atoms with Crippen molar-refractivity contribution < 1.29 is 30.0 Å². The summed E-state index contributed by atoms with van der Waals surface area (Å²) in [5, 5.41) is 38.6. The van der Waals surface area contributed by atoms with Crippen LogP contribution in [0.4, 0.5) is 0 Å². The van der Waals surface area contributed by atoms with Gasteiger partial charge in [0.25, 0.3) is 0 Å². The zero-order chi connectivity index (χ0) is 23.7. The largest absolute Gasteiger partial charge is 0.481 e. The minimum Gasteiger partial charge on any atom is -0.481 e. The third-order valence-electron chi connectivity index (χ3n) is 5.58. The number of halogens is 1. The second kappa shape index (κ2) is 12.0. The molecular formula is C25H31ClO6. The molecule has 0 amide bonds. The van der Waals surface area contributed by atoms with Gasteiger partial charge in [-0.25, -0.2) is 4.79 Å². The Balaban J connectivity index is 1.80. The quantitative estimate of drug-likeness (QED) is 0.316. The Labute approximate surface area is 193 Å². The normalized spacial score (nSPS) is 14.0. The Hall–Kier alpha value is -2.41. The Morgan fingerprint density at radius 2 is 1.66 bits per heavy atom. The maximum absolute atomic E-state index is 11.2. The van der Waals surface area contributed by atoms with E-state index in [0.717, 1.165) is 36.8 Å². The fraction of sp³-hybridized carbons (Fsp3) is 0.440. The lowest BCUT2D eigenvalue weighted by Crippen LogP contribution is -2.43. The van der Waals surface area contributed by atoms with E-state index in [1.807, 2.05) is 19.1 Å². The van der Waals surface area contributed by atoms with Crippen LogP contribution in [0.5, 0.6) is 0 Å². The summed E-state index contributed by atoms with van der Waals surface area (Å²) in [6, 6.07) is 14.3. The number of unbranched alkanes of at least 4 members (excludes halogenated alkanes) is 3. The van der Waals surface area contributed by atoms with Crippen LogP contribution >= 0.6 is 11.6 Å². The zero-order valence-corrected chi connectivity index (χ0v) is 19.0. The number of aliphatic hydroxyl groups is 2. The Kier molecular flexibility index (Phi) is 9.69. The van der Waals surface area contributed by atoms with Crippen molar-refractivity contribution in [3.8, 4) is 11.1 Å². The van der Waals surface area contributed by atoms with Gasteiger partial charge in [-0.2, -0.15) is 0 Å². The predicted molar refractivity (Wildman–Crippen MR) is 124 cm³/mol. The van der Waals surface area contributed by atoms with Crippen molar-refractivity contribution in [2.45, 2.75) is 70.0 Å². The number of benzene rings is 2. The van der Waals surface area contributed by atoms with E-state index in [1.54, 1.807) is 0 Å². The molecule has 0 spiro atoms. The van der Waals surface area contributed by atoms with Crippen LogP contribution in [0.2, 0.25) is 5.02 Å². The highest BCUT2D eigenvalue weighted by atomic mass is 35.5. The molecule has 0 bridgehead atoms. The molecule has 2 atom stereocenters. The molecule has 0 saturated heterocycles. The number of hydrogen-bond acceptors (Lipinski definition) is 4. The fourth-order valence-corrected chi connectivity index (χ4v) is 3.97. The fourth-order valence-electron chi connectivity index (χ4n) is 3.79. The van der Waals surface area contributed by atoms with Crippen LogP contribution in [0.1, 0.15) is 56.1 Å². The number of carboxylic acid groups (broad SMARTS) is 2. The molecule has 32 heavy (non-hydrogen) atoms. The van der Waals surface area contributed by atoms with Crippen molar-refractivity contribution in [2.75, 3.05) is 0 Å². The van der Waals surface area contributed by atoms with Gasteiger partial charge in [0.05, 0.1) is 12.5 Å². The third kappa shape index (κ3) is 7.93. The molecule has 2 aromatic carbocycles. The Bertz CT molecular complexity index is 911. The molecule has 0 aromatic heterocycles. The molecule has 0 radical (unpaired) electrons. The number of carbonyl (C=O) groups is 2. The maximum Gasteiger partial charge on any atom is 0.336 e. The highest BCUT2D eigenvalue weighted by molar-refractivity contribution is 6.30. The van der Waals surface area contributed by atoms with E-state index >= 15 is 0 Å². The van der Waals surface area contributed by atoms with Crippen molar-refractivity contribution in [1.82, 2.24) is 0 Å². The van der Waals surface area contributed by atoms with E-state index in [9.17, 15) is 19.8 Å². The highest BCUT2D eigenvalue weighted by Gasteiger charge is 2.40. The first-order valence-corrected chi connectivity index (χ1v) is 11.2. The van der Waals surface area contributed by atoms with Crippen LogP contribution < -0.4 is 0 Å². The minimum absolute atomic E-state index is 0.310. The van der Waals surface area contributed by atoms with Crippen LogP contribution in [0.25, 0.3) is 11.1 Å². The molecule has 0 aliphatic carbocycles. The number of rotatable bonds is 13. The van der Waals surface area contributed by atoms with Crippen LogP contribution in [0.3, 0.4) is 0 Å². The van der Waals surface area contributed by atoms with Gasteiger partial charge in [0.2, 0.25) is 0 Å². The Morgan fingerprint density at radius 1 is 1.00 bits per heavy atom. The molecule has 2 aromatic rings. The summed E-state index contributed by atoms with van der Waals surface area (Å²) in [7, 11) is 0. The Morgan fingerprint density at radius 3 is 2.28 bits per heavy atom. The van der Waals surface area contributed by atoms with Crippen LogP contribution in [-0.4, -0.2) is 44.1 Å². The standard InChI is InChI=1S/C25H31ClO6/c1-17-8-10-19(11-9-17)22-14-20(26)13-12-18(22)6-4-2-3-5-7-21(27)15-25(32,24(30)31)16-23(28)29/h8-14,21,27,32H,2-7,15-16H2,1H3,(H,28,29)(H,30,31)/t21-,25+/m1/s1. The van der Waals surface area contributed by atoms with Crippen LogP contribution in [0.15, 0.2) is 42.5 Å². The topological polar surface area (TPSA) is 115 Å². The van der Waals surface area contributed by atoms with Gasteiger partial charge in [-0.3, -0.25) is 4.79 Å². The first-order chi connectivity index (χ1) is 15.1. The smallest absolute Gasteiger partial charge is 0.336 e. The van der Waals surface area contributed by atoms with Crippen LogP contribution in [-0.2, 0) is 16.0 Å². The van der Waals surface area contributed by atoms with Gasteiger partial charge >= 0.3 is 11.9 Å². The minimum atomic E-state index is -2.45. The number of hydrogen-bond donors (Lipinski definition) is 4. The monoisotopic (exact) mass is 462 g/mol. The van der Waals surface area contributed by atoms with E-state index in [2.05, 4.69) is 30.3 Å². The lowest BCUT2D eigenvalue weighted by atomic mass is 9.90. The van der Waals surface area contributed by atoms with Crippen molar-refractivity contribution >= 4 is 23.5 Å². The summed E-state index contributed by atoms with van der Waals surface area (Å²) >= 11 is 6.21. The van der Waals surface area contributed by atoms with E-state index in [-0.39, 0.29) is 0 Å². The van der Waals surface area contributed by atoms with E-state index in [1.165, 1.54) is 11.1 Å². The zero-order valence-electron chi connectivity index (χ0n) is 18.3. The average molecular weight is 463 g/mol. The van der Waals surface area contributed by atoms with E-state index in [0.29, 0.717) is 17.9 Å². The van der Waals surface area contributed by atoms with E-state index in [4.69, 9.17) is 21.8 Å². The van der Waals surface area contributed by atoms with Gasteiger partial charge in [-0.05, 0) is 55.0 Å². The number of aliphatic carboxylic acids is 2. The van der Waals surface area contributed by atoms with Gasteiger partial charge in [0, 0.05) is 11.4 Å². The molecule has 7 heteroatoms. The molecule has 0 aliphatic rings. The molecule has 0 heterocycles. The van der Waals surface area contributed by atoms with Gasteiger partial charge in [0.15, 0.2) is 5.60 Å². The second-order valence-corrected chi connectivity index (χ2v) is 8.82. The lowest BCUT2D eigenvalue weighted by Gasteiger charge is -2.24. The first-order valence-electron chi connectivity index (χ1n) is 10.8. The average Bonchev–Trinajstić information content (AvgIpc) is 2.71. The van der Waals surface area contributed by atoms with Crippen LogP contribution in [0, 0.1) is 6.92 Å². The lowest BCUT2D eigenvalue weighted by molar-refractivity contribution is -0.168. The molecule has 174 valence electrons. The summed E-state index contributed by atoms with van der Waals surface area (Å²) in [6.45, 7) is 2.05. The summed E-state index contributed by atoms with van der Waals surface area (Å²) in [4.78, 5) is 22.0. The van der Waals surface area contributed by atoms with Crippen molar-refractivity contribution in [1.29, 1.82) is 0 Å². The van der Waals surface area contributed by atoms with Crippen molar-refractivity contribution in [3.05, 3.63) is 58.6 Å². The molecular weight excluding hydrogens is 432 g/mol. The van der Waals surface area contributed by atoms with E-state index < -0.39 is 36.5 Å².